The summed E-state index contributed by atoms with van der Waals surface area (Å²) in [5, 5.41) is 0. The first-order valence-corrected chi connectivity index (χ1v) is 8.68. The van der Waals surface area contributed by atoms with Crippen LogP contribution in [0.25, 0.3) is 0 Å². The number of aryl methyl sites for hydroxylation is 1. The molecule has 2 aliphatic rings. The lowest BCUT2D eigenvalue weighted by Gasteiger charge is -2.32. The number of piperidine rings is 1. The topological polar surface area (TPSA) is 29.5 Å². The zero-order chi connectivity index (χ0) is 15.5. The summed E-state index contributed by atoms with van der Waals surface area (Å²) in [5.41, 5.74) is 2.69. The average molecular weight is 301 g/mol. The SMILES string of the molecule is CCc1ccc(C2CCN(C(C)=O)CC2)c(OCC2CC2)c1. The second-order valence-electron chi connectivity index (χ2n) is 6.76. The predicted molar refractivity (Wildman–Crippen MR) is 88.3 cm³/mol. The Labute approximate surface area is 133 Å². The highest BCUT2D eigenvalue weighted by Gasteiger charge is 2.26. The van der Waals surface area contributed by atoms with Crippen LogP contribution in [0.4, 0.5) is 0 Å². The fourth-order valence-corrected chi connectivity index (χ4v) is 3.26. The molecule has 3 nitrogen and oxygen atoms in total. The molecule has 3 rings (SSSR count). The second-order valence-corrected chi connectivity index (χ2v) is 6.76. The average Bonchev–Trinajstić information content (AvgIpc) is 3.37. The first kappa shape index (κ1) is 15.4. The first-order chi connectivity index (χ1) is 10.7. The van der Waals surface area contributed by atoms with Gasteiger partial charge in [0, 0.05) is 20.0 Å². The number of likely N-dealkylation sites (tertiary alicyclic amines) is 1. The Balaban J connectivity index is 1.72. The quantitative estimate of drug-likeness (QED) is 0.828. The van der Waals surface area contributed by atoms with Crippen molar-refractivity contribution < 1.29 is 9.53 Å². The van der Waals surface area contributed by atoms with Crippen molar-refractivity contribution in [2.45, 2.75) is 51.9 Å². The smallest absolute Gasteiger partial charge is 0.219 e. The molecule has 1 aliphatic heterocycles. The minimum absolute atomic E-state index is 0.199. The Morgan fingerprint density at radius 2 is 1.95 bits per heavy atom. The zero-order valence-corrected chi connectivity index (χ0v) is 13.8. The summed E-state index contributed by atoms with van der Waals surface area (Å²) < 4.78 is 6.15. The molecule has 0 N–H and O–H groups in total. The number of rotatable bonds is 5. The van der Waals surface area contributed by atoms with E-state index in [9.17, 15) is 4.79 Å². The van der Waals surface area contributed by atoms with Crippen molar-refractivity contribution in [2.24, 2.45) is 5.92 Å². The molecule has 1 aromatic carbocycles. The van der Waals surface area contributed by atoms with Gasteiger partial charge in [0.05, 0.1) is 6.61 Å². The Bertz CT molecular complexity index is 528. The fourth-order valence-electron chi connectivity index (χ4n) is 3.26. The third kappa shape index (κ3) is 3.63. The Hall–Kier alpha value is -1.51. The number of carbonyl (C=O) groups excluding carboxylic acids is 1. The molecule has 0 unspecified atom stereocenters. The first-order valence-electron chi connectivity index (χ1n) is 8.68. The monoisotopic (exact) mass is 301 g/mol. The van der Waals surface area contributed by atoms with Crippen LogP contribution in [0.1, 0.15) is 56.6 Å². The van der Waals surface area contributed by atoms with E-state index >= 15 is 0 Å². The van der Waals surface area contributed by atoms with Gasteiger partial charge in [-0.1, -0.05) is 19.1 Å². The Morgan fingerprint density at radius 1 is 1.23 bits per heavy atom. The van der Waals surface area contributed by atoms with Crippen LogP contribution < -0.4 is 4.74 Å². The Kier molecular flexibility index (Phi) is 4.70. The predicted octanol–water partition coefficient (Wildman–Crippen LogP) is 3.76. The van der Waals surface area contributed by atoms with Gasteiger partial charge < -0.3 is 9.64 Å². The van der Waals surface area contributed by atoms with Crippen LogP contribution in [0.3, 0.4) is 0 Å². The number of carbonyl (C=O) groups is 1. The van der Waals surface area contributed by atoms with Crippen molar-refractivity contribution in [1.29, 1.82) is 0 Å². The van der Waals surface area contributed by atoms with E-state index in [1.165, 1.54) is 24.0 Å². The van der Waals surface area contributed by atoms with Crippen LogP contribution in [0.2, 0.25) is 0 Å². The fraction of sp³-hybridized carbons (Fsp3) is 0.632. The van der Waals surface area contributed by atoms with E-state index in [2.05, 4.69) is 25.1 Å². The molecule has 22 heavy (non-hydrogen) atoms. The number of benzene rings is 1. The van der Waals surface area contributed by atoms with E-state index in [0.717, 1.165) is 50.6 Å². The van der Waals surface area contributed by atoms with E-state index in [0.29, 0.717) is 5.92 Å². The zero-order valence-electron chi connectivity index (χ0n) is 13.8. The lowest BCUT2D eigenvalue weighted by Crippen LogP contribution is -2.36. The lowest BCUT2D eigenvalue weighted by molar-refractivity contribution is -0.129. The van der Waals surface area contributed by atoms with Crippen molar-refractivity contribution in [3.05, 3.63) is 29.3 Å². The molecule has 0 aromatic heterocycles. The van der Waals surface area contributed by atoms with E-state index in [1.807, 2.05) is 4.90 Å². The van der Waals surface area contributed by atoms with Gasteiger partial charge in [0.25, 0.3) is 0 Å². The maximum Gasteiger partial charge on any atom is 0.219 e. The largest absolute Gasteiger partial charge is 0.493 e. The second kappa shape index (κ2) is 6.72. The molecule has 0 radical (unpaired) electrons. The summed E-state index contributed by atoms with van der Waals surface area (Å²) in [5.74, 6) is 2.59. The van der Waals surface area contributed by atoms with Gasteiger partial charge in [-0.2, -0.15) is 0 Å². The minimum atomic E-state index is 0.199. The van der Waals surface area contributed by atoms with Crippen LogP contribution in [-0.2, 0) is 11.2 Å². The summed E-state index contributed by atoms with van der Waals surface area (Å²) in [6, 6.07) is 6.72. The number of amides is 1. The molecular formula is C19H27NO2. The number of hydrogen-bond donors (Lipinski definition) is 0. The number of nitrogens with zero attached hydrogens (tertiary/aromatic N) is 1. The van der Waals surface area contributed by atoms with E-state index in [-0.39, 0.29) is 5.91 Å². The van der Waals surface area contributed by atoms with Gasteiger partial charge in [0.15, 0.2) is 0 Å². The third-order valence-electron chi connectivity index (χ3n) is 5.04. The van der Waals surface area contributed by atoms with Crippen molar-refractivity contribution in [1.82, 2.24) is 4.90 Å². The minimum Gasteiger partial charge on any atom is -0.493 e. The van der Waals surface area contributed by atoms with Gasteiger partial charge in [0.1, 0.15) is 5.75 Å². The molecule has 0 atom stereocenters. The molecule has 1 saturated heterocycles. The highest BCUT2D eigenvalue weighted by Crippen LogP contribution is 2.37. The van der Waals surface area contributed by atoms with Gasteiger partial charge in [-0.05, 0) is 61.1 Å². The van der Waals surface area contributed by atoms with Crippen molar-refractivity contribution in [2.75, 3.05) is 19.7 Å². The van der Waals surface area contributed by atoms with Gasteiger partial charge >= 0.3 is 0 Å². The van der Waals surface area contributed by atoms with Gasteiger partial charge in [0.2, 0.25) is 5.91 Å². The van der Waals surface area contributed by atoms with Crippen LogP contribution >= 0.6 is 0 Å². The summed E-state index contributed by atoms with van der Waals surface area (Å²) in [6.45, 7) is 6.47. The van der Waals surface area contributed by atoms with E-state index in [1.54, 1.807) is 6.92 Å². The highest BCUT2D eigenvalue weighted by molar-refractivity contribution is 5.73. The van der Waals surface area contributed by atoms with Crippen LogP contribution in [0, 0.1) is 5.92 Å². The molecule has 1 saturated carbocycles. The molecule has 0 spiro atoms. The number of ether oxygens (including phenoxy) is 1. The molecule has 2 fully saturated rings. The van der Waals surface area contributed by atoms with Crippen LogP contribution in [0.5, 0.6) is 5.75 Å². The molecule has 0 bridgehead atoms. The summed E-state index contributed by atoms with van der Waals surface area (Å²) in [4.78, 5) is 13.4. The summed E-state index contributed by atoms with van der Waals surface area (Å²) >= 11 is 0. The molecule has 120 valence electrons. The van der Waals surface area contributed by atoms with E-state index in [4.69, 9.17) is 4.74 Å². The van der Waals surface area contributed by atoms with Crippen molar-refractivity contribution >= 4 is 5.91 Å². The summed E-state index contributed by atoms with van der Waals surface area (Å²) in [7, 11) is 0. The lowest BCUT2D eigenvalue weighted by atomic mass is 9.88. The van der Waals surface area contributed by atoms with Crippen LogP contribution in [-0.4, -0.2) is 30.5 Å². The van der Waals surface area contributed by atoms with Crippen molar-refractivity contribution in [3.8, 4) is 5.75 Å². The molecular weight excluding hydrogens is 274 g/mol. The molecule has 1 heterocycles. The maximum atomic E-state index is 11.5. The van der Waals surface area contributed by atoms with Crippen LogP contribution in [0.15, 0.2) is 18.2 Å². The standard InChI is InChI=1S/C19H27NO2/c1-3-15-6-7-18(19(12-15)22-13-16-4-5-16)17-8-10-20(11-9-17)14(2)21/h6-7,12,16-17H,3-5,8-11,13H2,1-2H3. The molecule has 3 heteroatoms. The van der Waals surface area contributed by atoms with Gasteiger partial charge in [-0.3, -0.25) is 4.79 Å². The van der Waals surface area contributed by atoms with Crippen molar-refractivity contribution in [3.63, 3.8) is 0 Å². The normalized spacial score (nSPS) is 19.3. The third-order valence-corrected chi connectivity index (χ3v) is 5.04. The molecule has 1 aliphatic carbocycles. The maximum absolute atomic E-state index is 11.5. The molecule has 1 amide bonds. The highest BCUT2D eigenvalue weighted by atomic mass is 16.5. The number of hydrogen-bond acceptors (Lipinski definition) is 2. The van der Waals surface area contributed by atoms with Gasteiger partial charge in [-0.15, -0.1) is 0 Å². The summed E-state index contributed by atoms with van der Waals surface area (Å²) in [6.07, 6.45) is 5.78. The molecule has 1 aromatic rings. The van der Waals surface area contributed by atoms with Gasteiger partial charge in [-0.25, -0.2) is 0 Å². The van der Waals surface area contributed by atoms with E-state index < -0.39 is 0 Å². The Morgan fingerprint density at radius 3 is 2.55 bits per heavy atom.